The molecule has 22 heavy (non-hydrogen) atoms. The fourth-order valence-corrected chi connectivity index (χ4v) is 2.29. The van der Waals surface area contributed by atoms with Gasteiger partial charge in [-0.2, -0.15) is 0 Å². The van der Waals surface area contributed by atoms with Gasteiger partial charge in [0.2, 0.25) is 5.91 Å². The van der Waals surface area contributed by atoms with Gasteiger partial charge in [-0.25, -0.2) is 4.79 Å². The van der Waals surface area contributed by atoms with Gasteiger partial charge in [-0.15, -0.1) is 0 Å². The van der Waals surface area contributed by atoms with Crippen LogP contribution in [0.5, 0.6) is 5.75 Å². The molecule has 0 atom stereocenters. The van der Waals surface area contributed by atoms with Crippen LogP contribution in [-0.4, -0.2) is 24.1 Å². The van der Waals surface area contributed by atoms with Gasteiger partial charge < -0.3 is 15.2 Å². The third kappa shape index (κ3) is 3.77. The van der Waals surface area contributed by atoms with Crippen LogP contribution in [0.15, 0.2) is 42.5 Å². The number of carbonyl (C=O) groups excluding carboxylic acids is 1. The largest absolute Gasteiger partial charge is 0.493 e. The number of ether oxygens (including phenoxy) is 1. The number of carboxylic acids is 1. The van der Waals surface area contributed by atoms with Crippen molar-refractivity contribution < 1.29 is 19.4 Å². The molecule has 2 aromatic rings. The molecule has 0 aliphatic rings. The van der Waals surface area contributed by atoms with Gasteiger partial charge in [-0.05, 0) is 17.7 Å². The minimum Gasteiger partial charge on any atom is -0.493 e. The first-order valence-electron chi connectivity index (χ1n) is 6.46. The van der Waals surface area contributed by atoms with Gasteiger partial charge in [0.05, 0.1) is 29.8 Å². The molecule has 0 spiro atoms. The number of nitrogens with one attached hydrogen (secondary N) is 1. The summed E-state index contributed by atoms with van der Waals surface area (Å²) < 4.78 is 5.12. The summed E-state index contributed by atoms with van der Waals surface area (Å²) in [6.07, 6.45) is 0.166. The molecule has 6 heteroatoms. The maximum absolute atomic E-state index is 12.1. The summed E-state index contributed by atoms with van der Waals surface area (Å²) in [6, 6.07) is 11.8. The van der Waals surface area contributed by atoms with Crippen molar-refractivity contribution in [2.45, 2.75) is 6.42 Å². The molecule has 2 rings (SSSR count). The van der Waals surface area contributed by atoms with Gasteiger partial charge in [0.25, 0.3) is 0 Å². The molecule has 0 aromatic heterocycles. The van der Waals surface area contributed by atoms with E-state index in [2.05, 4.69) is 5.32 Å². The lowest BCUT2D eigenvalue weighted by Crippen LogP contribution is -2.15. The molecule has 1 amide bonds. The van der Waals surface area contributed by atoms with Crippen molar-refractivity contribution in [2.24, 2.45) is 0 Å². The number of rotatable bonds is 5. The molecule has 0 saturated heterocycles. The van der Waals surface area contributed by atoms with Crippen molar-refractivity contribution in [2.75, 3.05) is 12.4 Å². The number of halogens is 1. The van der Waals surface area contributed by atoms with Crippen molar-refractivity contribution in [1.82, 2.24) is 0 Å². The minimum atomic E-state index is -1.14. The zero-order chi connectivity index (χ0) is 16.1. The van der Waals surface area contributed by atoms with E-state index < -0.39 is 5.97 Å². The number of benzene rings is 2. The molecule has 0 heterocycles. The standard InChI is InChI=1S/C16H14ClNO4/c1-22-15-12(17)8-11(16(20)21)9-13(15)18-14(19)7-10-5-3-2-4-6-10/h2-6,8-9H,7H2,1H3,(H,18,19)(H,20,21). The Kier molecular flexibility index (Phi) is 5.01. The van der Waals surface area contributed by atoms with Crippen LogP contribution in [0.4, 0.5) is 5.69 Å². The predicted molar refractivity (Wildman–Crippen MR) is 83.7 cm³/mol. The Morgan fingerprint density at radius 1 is 1.23 bits per heavy atom. The summed E-state index contributed by atoms with van der Waals surface area (Å²) in [5.41, 5.74) is 1.05. The second-order valence-corrected chi connectivity index (χ2v) is 4.96. The molecule has 0 saturated carbocycles. The van der Waals surface area contributed by atoms with E-state index in [9.17, 15) is 9.59 Å². The van der Waals surface area contributed by atoms with Crippen LogP contribution in [0.25, 0.3) is 0 Å². The molecule has 0 unspecified atom stereocenters. The Balaban J connectivity index is 2.24. The van der Waals surface area contributed by atoms with E-state index in [-0.39, 0.29) is 34.4 Å². The molecule has 0 fully saturated rings. The molecule has 5 nitrogen and oxygen atoms in total. The summed E-state index contributed by atoms with van der Waals surface area (Å²) >= 11 is 5.98. The summed E-state index contributed by atoms with van der Waals surface area (Å²) in [4.78, 5) is 23.2. The first kappa shape index (κ1) is 15.9. The van der Waals surface area contributed by atoms with Crippen LogP contribution in [0.1, 0.15) is 15.9 Å². The molecule has 0 aliphatic carbocycles. The van der Waals surface area contributed by atoms with Crippen LogP contribution in [-0.2, 0) is 11.2 Å². The molecule has 2 aromatic carbocycles. The van der Waals surface area contributed by atoms with E-state index >= 15 is 0 Å². The zero-order valence-electron chi connectivity index (χ0n) is 11.8. The average molecular weight is 320 g/mol. The van der Waals surface area contributed by atoms with Gasteiger partial charge in [0.1, 0.15) is 0 Å². The summed E-state index contributed by atoms with van der Waals surface area (Å²) in [6.45, 7) is 0. The highest BCUT2D eigenvalue weighted by Crippen LogP contribution is 2.34. The molecule has 0 radical (unpaired) electrons. The Hall–Kier alpha value is -2.53. The number of carboxylic acid groups (broad SMARTS) is 1. The topological polar surface area (TPSA) is 75.6 Å². The molecule has 0 aliphatic heterocycles. The van der Waals surface area contributed by atoms with E-state index in [1.165, 1.54) is 19.2 Å². The smallest absolute Gasteiger partial charge is 0.335 e. The average Bonchev–Trinajstić information content (AvgIpc) is 2.47. The van der Waals surface area contributed by atoms with Gasteiger partial charge in [0.15, 0.2) is 5.75 Å². The normalized spacial score (nSPS) is 10.1. The van der Waals surface area contributed by atoms with Crippen molar-refractivity contribution in [1.29, 1.82) is 0 Å². The molecule has 0 bridgehead atoms. The lowest BCUT2D eigenvalue weighted by atomic mass is 10.1. The quantitative estimate of drug-likeness (QED) is 0.887. The molecule has 114 valence electrons. The number of carbonyl (C=O) groups is 2. The zero-order valence-corrected chi connectivity index (χ0v) is 12.6. The van der Waals surface area contributed by atoms with Crippen LogP contribution in [0.3, 0.4) is 0 Å². The van der Waals surface area contributed by atoms with Gasteiger partial charge in [0, 0.05) is 0 Å². The Morgan fingerprint density at radius 2 is 1.91 bits per heavy atom. The number of methoxy groups -OCH3 is 1. The monoisotopic (exact) mass is 319 g/mol. The highest BCUT2D eigenvalue weighted by Gasteiger charge is 2.16. The van der Waals surface area contributed by atoms with E-state index in [4.69, 9.17) is 21.4 Å². The third-order valence-electron chi connectivity index (χ3n) is 2.98. The first-order valence-corrected chi connectivity index (χ1v) is 6.83. The summed E-state index contributed by atoms with van der Waals surface area (Å²) in [5, 5.41) is 11.8. The van der Waals surface area contributed by atoms with Crippen LogP contribution < -0.4 is 10.1 Å². The second kappa shape index (κ2) is 6.95. The Morgan fingerprint density at radius 3 is 2.50 bits per heavy atom. The van der Waals surface area contributed by atoms with Gasteiger partial charge in [-0.3, -0.25) is 4.79 Å². The maximum atomic E-state index is 12.1. The number of hydrogen-bond acceptors (Lipinski definition) is 3. The second-order valence-electron chi connectivity index (χ2n) is 4.55. The number of amides is 1. The molecular weight excluding hydrogens is 306 g/mol. The fraction of sp³-hybridized carbons (Fsp3) is 0.125. The highest BCUT2D eigenvalue weighted by atomic mass is 35.5. The van der Waals surface area contributed by atoms with Crippen molar-refractivity contribution in [3.63, 3.8) is 0 Å². The number of aromatic carboxylic acids is 1. The lowest BCUT2D eigenvalue weighted by Gasteiger charge is -2.13. The first-order chi connectivity index (χ1) is 10.5. The molecule has 2 N–H and O–H groups in total. The Labute approximate surface area is 132 Å². The lowest BCUT2D eigenvalue weighted by molar-refractivity contribution is -0.115. The van der Waals surface area contributed by atoms with Crippen molar-refractivity contribution >= 4 is 29.2 Å². The van der Waals surface area contributed by atoms with Crippen molar-refractivity contribution in [3.05, 3.63) is 58.6 Å². The predicted octanol–water partition coefficient (Wildman–Crippen LogP) is 3.23. The number of hydrogen-bond donors (Lipinski definition) is 2. The van der Waals surface area contributed by atoms with E-state index in [0.29, 0.717) is 0 Å². The number of anilines is 1. The van der Waals surface area contributed by atoms with Gasteiger partial charge in [-0.1, -0.05) is 41.9 Å². The SMILES string of the molecule is COc1c(Cl)cc(C(=O)O)cc1NC(=O)Cc1ccccc1. The summed E-state index contributed by atoms with van der Waals surface area (Å²) in [5.74, 6) is -1.20. The maximum Gasteiger partial charge on any atom is 0.335 e. The Bertz CT molecular complexity index is 701. The van der Waals surface area contributed by atoms with Crippen molar-refractivity contribution in [3.8, 4) is 5.75 Å². The van der Waals surface area contributed by atoms with E-state index in [0.717, 1.165) is 5.56 Å². The van der Waals surface area contributed by atoms with E-state index in [1.54, 1.807) is 0 Å². The minimum absolute atomic E-state index is 0.0270. The van der Waals surface area contributed by atoms with Crippen LogP contribution in [0.2, 0.25) is 5.02 Å². The fourth-order valence-electron chi connectivity index (χ4n) is 1.99. The van der Waals surface area contributed by atoms with E-state index in [1.807, 2.05) is 30.3 Å². The summed E-state index contributed by atoms with van der Waals surface area (Å²) in [7, 11) is 1.40. The third-order valence-corrected chi connectivity index (χ3v) is 3.26. The van der Waals surface area contributed by atoms with Gasteiger partial charge >= 0.3 is 5.97 Å². The highest BCUT2D eigenvalue weighted by molar-refractivity contribution is 6.33. The molecular formula is C16H14ClNO4. The van der Waals surface area contributed by atoms with Crippen LogP contribution in [0, 0.1) is 0 Å². The van der Waals surface area contributed by atoms with Crippen LogP contribution >= 0.6 is 11.6 Å².